The lowest BCUT2D eigenvalue weighted by molar-refractivity contribution is -0.143. The Morgan fingerprint density at radius 2 is 1.97 bits per heavy atom. The molecule has 3 unspecified atom stereocenters. The molecule has 4 rings (SSSR count). The van der Waals surface area contributed by atoms with Gasteiger partial charge in [-0.05, 0) is 43.0 Å². The van der Waals surface area contributed by atoms with E-state index in [-0.39, 0.29) is 40.3 Å². The van der Waals surface area contributed by atoms with Crippen LogP contribution in [-0.2, 0) is 14.4 Å². The highest BCUT2D eigenvalue weighted by Crippen LogP contribution is 2.68. The molecule has 3 heterocycles. The molecule has 3 aliphatic heterocycles. The summed E-state index contributed by atoms with van der Waals surface area (Å²) in [7, 11) is 1.58. The minimum absolute atomic E-state index is 0.0105. The number of benzene rings is 1. The average molecular weight is 583 g/mol. The van der Waals surface area contributed by atoms with Crippen LogP contribution in [0.15, 0.2) is 24.3 Å². The van der Waals surface area contributed by atoms with Gasteiger partial charge in [-0.15, -0.1) is 11.8 Å². The van der Waals surface area contributed by atoms with Gasteiger partial charge in [-0.3, -0.25) is 14.4 Å². The zero-order valence-electron chi connectivity index (χ0n) is 21.2. The summed E-state index contributed by atoms with van der Waals surface area (Å²) in [5.41, 5.74) is 0.599. The van der Waals surface area contributed by atoms with Crippen molar-refractivity contribution in [1.82, 2.24) is 10.2 Å². The van der Waals surface area contributed by atoms with Crippen LogP contribution in [0.1, 0.15) is 40.0 Å². The Bertz CT molecular complexity index is 994. The molecule has 1 aromatic rings. The fraction of sp³-hybridized carbons (Fsp3) is 0.654. The topological polar surface area (TPSA) is 108 Å². The van der Waals surface area contributed by atoms with Crippen LogP contribution in [-0.4, -0.2) is 74.9 Å². The first-order valence-electron chi connectivity index (χ1n) is 12.7. The van der Waals surface area contributed by atoms with Crippen LogP contribution in [0, 0.1) is 17.8 Å². The van der Waals surface area contributed by atoms with Gasteiger partial charge in [-0.2, -0.15) is 0 Å². The molecule has 8 nitrogen and oxygen atoms in total. The highest BCUT2D eigenvalue weighted by molar-refractivity contribution is 9.09. The van der Waals surface area contributed by atoms with Crippen LogP contribution in [0.3, 0.4) is 0 Å². The molecular formula is C26H36BrN3O5S. The minimum Gasteiger partial charge on any atom is -0.497 e. The molecule has 3 aliphatic rings. The van der Waals surface area contributed by atoms with Gasteiger partial charge in [0.2, 0.25) is 17.7 Å². The highest BCUT2D eigenvalue weighted by atomic mass is 79.9. The lowest BCUT2D eigenvalue weighted by Crippen LogP contribution is -2.56. The normalized spacial score (nSPS) is 32.2. The second-order valence-corrected chi connectivity index (χ2v) is 12.8. The van der Waals surface area contributed by atoms with E-state index in [9.17, 15) is 19.5 Å². The molecule has 36 heavy (non-hydrogen) atoms. The van der Waals surface area contributed by atoms with Crippen molar-refractivity contribution in [3.63, 3.8) is 0 Å². The smallest absolute Gasteiger partial charge is 0.248 e. The third-order valence-corrected chi connectivity index (χ3v) is 11.2. The van der Waals surface area contributed by atoms with Crippen LogP contribution in [0.2, 0.25) is 0 Å². The van der Waals surface area contributed by atoms with E-state index in [0.717, 1.165) is 12.8 Å². The molecule has 1 spiro atoms. The van der Waals surface area contributed by atoms with Crippen LogP contribution < -0.4 is 15.4 Å². The number of likely N-dealkylation sites (tertiary alicyclic amines) is 1. The summed E-state index contributed by atoms with van der Waals surface area (Å²) < 4.78 is 4.47. The fourth-order valence-electron chi connectivity index (χ4n) is 6.09. The van der Waals surface area contributed by atoms with Crippen LogP contribution in [0.25, 0.3) is 0 Å². The number of amides is 3. The third-order valence-electron chi connectivity index (χ3n) is 8.03. The van der Waals surface area contributed by atoms with E-state index in [1.54, 1.807) is 48.0 Å². The molecule has 3 amide bonds. The zero-order valence-corrected chi connectivity index (χ0v) is 23.6. The highest BCUT2D eigenvalue weighted by Gasteiger charge is 2.76. The van der Waals surface area contributed by atoms with Crippen molar-refractivity contribution in [2.75, 3.05) is 25.6 Å². The number of carbonyl (C=O) groups excluding carboxylic acids is 3. The summed E-state index contributed by atoms with van der Waals surface area (Å²) >= 11 is 5.38. The molecule has 0 radical (unpaired) electrons. The molecule has 3 fully saturated rings. The number of anilines is 1. The molecule has 3 saturated heterocycles. The molecule has 198 valence electrons. The summed E-state index contributed by atoms with van der Waals surface area (Å²) in [4.78, 5) is 43.1. The summed E-state index contributed by atoms with van der Waals surface area (Å²) in [5, 5.41) is 16.3. The van der Waals surface area contributed by atoms with Gasteiger partial charge in [0.1, 0.15) is 11.8 Å². The van der Waals surface area contributed by atoms with Crippen molar-refractivity contribution in [3.8, 4) is 5.75 Å². The minimum atomic E-state index is -0.803. The van der Waals surface area contributed by atoms with Gasteiger partial charge >= 0.3 is 0 Å². The quantitative estimate of drug-likeness (QED) is 0.366. The van der Waals surface area contributed by atoms with Crippen molar-refractivity contribution in [2.24, 2.45) is 17.8 Å². The van der Waals surface area contributed by atoms with E-state index in [1.165, 1.54) is 0 Å². The van der Waals surface area contributed by atoms with Crippen LogP contribution in [0.4, 0.5) is 5.69 Å². The molecule has 0 aliphatic carbocycles. The first kappa shape index (κ1) is 27.3. The van der Waals surface area contributed by atoms with Crippen molar-refractivity contribution < 1.29 is 24.2 Å². The number of ether oxygens (including phenoxy) is 1. The predicted octanol–water partition coefficient (Wildman–Crippen LogP) is 3.03. The van der Waals surface area contributed by atoms with E-state index >= 15 is 0 Å². The van der Waals surface area contributed by atoms with Crippen LogP contribution >= 0.6 is 27.7 Å². The number of carbonyl (C=O) groups is 3. The van der Waals surface area contributed by atoms with Crippen molar-refractivity contribution in [3.05, 3.63) is 24.3 Å². The number of hydrogen-bond acceptors (Lipinski definition) is 6. The predicted molar refractivity (Wildman–Crippen MR) is 144 cm³/mol. The number of nitrogens with one attached hydrogen (secondary N) is 2. The number of nitrogens with zero attached hydrogens (tertiary/aromatic N) is 1. The Labute approximate surface area is 225 Å². The van der Waals surface area contributed by atoms with E-state index in [0.29, 0.717) is 24.4 Å². The number of hydrogen-bond donors (Lipinski definition) is 3. The number of alkyl halides is 1. The Balaban J connectivity index is 1.75. The lowest BCUT2D eigenvalue weighted by Gasteiger charge is -2.39. The monoisotopic (exact) mass is 581 g/mol. The largest absolute Gasteiger partial charge is 0.497 e. The van der Waals surface area contributed by atoms with Gasteiger partial charge in [-0.25, -0.2) is 0 Å². The third kappa shape index (κ3) is 4.43. The fourth-order valence-corrected chi connectivity index (χ4v) is 9.69. The molecule has 1 aromatic carbocycles. The number of thioether (sulfide) groups is 1. The number of methoxy groups -OCH3 is 1. The van der Waals surface area contributed by atoms with Crippen molar-refractivity contribution >= 4 is 51.1 Å². The second kappa shape index (κ2) is 10.9. The van der Waals surface area contributed by atoms with Crippen molar-refractivity contribution in [2.45, 2.75) is 66.9 Å². The molecule has 0 aromatic heterocycles. The Morgan fingerprint density at radius 1 is 1.28 bits per heavy atom. The van der Waals surface area contributed by atoms with E-state index in [2.05, 4.69) is 26.6 Å². The zero-order chi connectivity index (χ0) is 26.2. The standard InChI is InChI=1S/C26H36BrN3O5S/c1-5-11-28-23(32)19-20-25(34)30(18(13-31)14(3)6-2)22(26(20)12-17(27)21(19)36-26)24(33)29-15-7-9-16(35-4)10-8-15/h7-10,14,17-22,31H,5-6,11-13H2,1-4H3,(H,28,32)(H,29,33)/t14-,17?,18-,19-,20-,21-,22?,26?/m0/s1. The first-order chi connectivity index (χ1) is 17.2. The lowest BCUT2D eigenvalue weighted by atomic mass is 9.70. The summed E-state index contributed by atoms with van der Waals surface area (Å²) in [6.45, 7) is 6.29. The average Bonchev–Trinajstić information content (AvgIpc) is 3.47. The molecule has 8 atom stereocenters. The van der Waals surface area contributed by atoms with Gasteiger partial charge in [0, 0.05) is 22.3 Å². The Morgan fingerprint density at radius 3 is 2.56 bits per heavy atom. The number of aliphatic hydroxyl groups is 1. The summed E-state index contributed by atoms with van der Waals surface area (Å²) in [5.74, 6) is -1.09. The van der Waals surface area contributed by atoms with E-state index in [1.807, 2.05) is 20.8 Å². The SMILES string of the molecule is CCCNC(=O)[C@H]1[C@H]2C(=O)N([C@@H](CO)[C@@H](C)CC)C(C(=O)Nc3ccc(OC)cc3)C23CC(Br)[C@@H]1S3. The Hall–Kier alpha value is -1.78. The maximum Gasteiger partial charge on any atom is 0.248 e. The summed E-state index contributed by atoms with van der Waals surface area (Å²) in [6, 6.07) is 5.74. The first-order valence-corrected chi connectivity index (χ1v) is 14.5. The molecular weight excluding hydrogens is 546 g/mol. The number of fused-ring (bicyclic) bond motifs is 1. The van der Waals surface area contributed by atoms with Gasteiger partial charge < -0.3 is 25.4 Å². The van der Waals surface area contributed by atoms with E-state index < -0.39 is 28.7 Å². The van der Waals surface area contributed by atoms with Gasteiger partial charge in [-0.1, -0.05) is 43.1 Å². The summed E-state index contributed by atoms with van der Waals surface area (Å²) in [6.07, 6.45) is 2.15. The molecule has 10 heteroatoms. The van der Waals surface area contributed by atoms with Crippen LogP contribution in [0.5, 0.6) is 5.75 Å². The number of rotatable bonds is 10. The molecule has 2 bridgehead atoms. The Kier molecular flexibility index (Phi) is 8.26. The van der Waals surface area contributed by atoms with Gasteiger partial charge in [0.25, 0.3) is 0 Å². The maximum atomic E-state index is 14.1. The van der Waals surface area contributed by atoms with Gasteiger partial charge in [0.15, 0.2) is 0 Å². The number of aliphatic hydroxyl groups excluding tert-OH is 1. The molecule has 0 saturated carbocycles. The van der Waals surface area contributed by atoms with Crippen molar-refractivity contribution in [1.29, 1.82) is 0 Å². The van der Waals surface area contributed by atoms with Gasteiger partial charge in [0.05, 0.1) is 36.3 Å². The maximum absolute atomic E-state index is 14.1. The second-order valence-electron chi connectivity index (χ2n) is 10.1. The number of halogens is 1. The van der Waals surface area contributed by atoms with E-state index in [4.69, 9.17) is 4.74 Å². The molecule has 3 N–H and O–H groups in total.